The minimum atomic E-state index is -0.0486. The average molecular weight is 174 g/mol. The monoisotopic (exact) mass is 174 g/mol. The molecule has 72 valence electrons. The van der Waals surface area contributed by atoms with Crippen molar-refractivity contribution in [3.8, 4) is 0 Å². The normalized spacial score (nSPS) is 28.0. The van der Waals surface area contributed by atoms with Crippen LogP contribution in [0.2, 0.25) is 0 Å². The lowest BCUT2D eigenvalue weighted by molar-refractivity contribution is -0.0779. The highest BCUT2D eigenvalue weighted by Gasteiger charge is 2.51. The first-order valence-electron chi connectivity index (χ1n) is 4.85. The van der Waals surface area contributed by atoms with Gasteiger partial charge in [-0.05, 0) is 19.9 Å². The summed E-state index contributed by atoms with van der Waals surface area (Å²) in [5.74, 6) is 0. The summed E-state index contributed by atoms with van der Waals surface area (Å²) in [7, 11) is 2.06. The van der Waals surface area contributed by atoms with Gasteiger partial charge in [0, 0.05) is 19.6 Å². The van der Waals surface area contributed by atoms with Gasteiger partial charge in [0.05, 0.1) is 5.54 Å². The van der Waals surface area contributed by atoms with E-state index in [1.54, 1.807) is 0 Å². The van der Waals surface area contributed by atoms with E-state index in [9.17, 15) is 4.48 Å². The van der Waals surface area contributed by atoms with Crippen molar-refractivity contribution in [3.63, 3.8) is 0 Å². The van der Waals surface area contributed by atoms with Crippen molar-refractivity contribution in [3.05, 3.63) is 0 Å². The number of hydrogen-bond donors (Lipinski definition) is 0. The Morgan fingerprint density at radius 2 is 1.75 bits per heavy atom. The molecule has 0 amide bonds. The van der Waals surface area contributed by atoms with Gasteiger partial charge >= 0.3 is 0 Å². The third-order valence-corrected chi connectivity index (χ3v) is 2.58. The van der Waals surface area contributed by atoms with Gasteiger partial charge in [0.15, 0.2) is 0 Å². The van der Waals surface area contributed by atoms with Gasteiger partial charge in [-0.25, -0.2) is 0 Å². The summed E-state index contributed by atoms with van der Waals surface area (Å²) >= 11 is 0. The number of halogens is 1. The second-order valence-electron chi connectivity index (χ2n) is 3.55. The van der Waals surface area contributed by atoms with Gasteiger partial charge < -0.3 is 4.90 Å². The van der Waals surface area contributed by atoms with Gasteiger partial charge in [-0.1, -0.05) is 13.8 Å². The quantitative estimate of drug-likeness (QED) is 0.515. The predicted octanol–water partition coefficient (Wildman–Crippen LogP) is 1.68. The fraction of sp³-hybridized carbons (Fsp3) is 1.00. The van der Waals surface area contributed by atoms with Crippen molar-refractivity contribution in [1.82, 2.24) is 10.0 Å². The van der Waals surface area contributed by atoms with Crippen LogP contribution in [-0.2, 0) is 0 Å². The molecule has 0 radical (unpaired) electrons. The van der Waals surface area contributed by atoms with Crippen molar-refractivity contribution in [2.75, 3.05) is 26.7 Å². The second-order valence-corrected chi connectivity index (χ2v) is 3.55. The Hall–Kier alpha value is -0.150. The topological polar surface area (TPSA) is 6.48 Å². The molecule has 2 rings (SSSR count). The lowest BCUT2D eigenvalue weighted by Gasteiger charge is -2.34. The zero-order chi connectivity index (χ0) is 9.19. The highest BCUT2D eigenvalue weighted by atomic mass is 19.2. The molecule has 0 aromatic carbocycles. The van der Waals surface area contributed by atoms with Crippen molar-refractivity contribution >= 4 is 0 Å². The molecule has 1 aliphatic heterocycles. The molecule has 1 aliphatic carbocycles. The number of piperazine rings is 1. The second kappa shape index (κ2) is 3.71. The molecule has 0 atom stereocenters. The molecular formula is C9H19FN2. The van der Waals surface area contributed by atoms with Crippen LogP contribution in [0, 0.1) is 0 Å². The van der Waals surface area contributed by atoms with E-state index in [-0.39, 0.29) is 5.54 Å². The van der Waals surface area contributed by atoms with Crippen LogP contribution < -0.4 is 0 Å². The van der Waals surface area contributed by atoms with Crippen molar-refractivity contribution in [1.29, 1.82) is 0 Å². The molecular weight excluding hydrogens is 155 g/mol. The molecule has 1 heterocycles. The molecule has 1 saturated carbocycles. The SMILES string of the molecule is CC.CN1CCN(F)C2(CC2)C1. The highest BCUT2D eigenvalue weighted by Crippen LogP contribution is 2.43. The smallest absolute Gasteiger partial charge is 0.0640 e. The van der Waals surface area contributed by atoms with E-state index in [1.165, 1.54) is 0 Å². The molecule has 3 heteroatoms. The van der Waals surface area contributed by atoms with E-state index >= 15 is 0 Å². The van der Waals surface area contributed by atoms with Crippen LogP contribution >= 0.6 is 0 Å². The third-order valence-electron chi connectivity index (χ3n) is 2.58. The van der Waals surface area contributed by atoms with Gasteiger partial charge in [-0.15, -0.1) is 9.60 Å². The van der Waals surface area contributed by atoms with Gasteiger partial charge in [-0.2, -0.15) is 0 Å². The molecule has 0 aromatic rings. The van der Waals surface area contributed by atoms with Gasteiger partial charge in [0.1, 0.15) is 0 Å². The first-order chi connectivity index (χ1) is 5.73. The number of rotatable bonds is 0. The van der Waals surface area contributed by atoms with Crippen LogP contribution in [-0.4, -0.2) is 42.2 Å². The Labute approximate surface area is 74.3 Å². The lowest BCUT2D eigenvalue weighted by Crippen LogP contribution is -2.49. The molecule has 2 nitrogen and oxygen atoms in total. The third kappa shape index (κ3) is 1.77. The number of nitrogens with zero attached hydrogens (tertiary/aromatic N) is 2. The van der Waals surface area contributed by atoms with Crippen LogP contribution in [0.15, 0.2) is 0 Å². The van der Waals surface area contributed by atoms with Crippen LogP contribution in [0.25, 0.3) is 0 Å². The van der Waals surface area contributed by atoms with E-state index in [4.69, 9.17) is 0 Å². The maximum absolute atomic E-state index is 13.0. The minimum absolute atomic E-state index is 0.0486. The molecule has 1 saturated heterocycles. The first kappa shape index (κ1) is 9.93. The largest absolute Gasteiger partial charge is 0.303 e. The van der Waals surface area contributed by atoms with Crippen LogP contribution in [0.5, 0.6) is 0 Å². The summed E-state index contributed by atoms with van der Waals surface area (Å²) in [6.07, 6.45) is 2.10. The first-order valence-corrected chi connectivity index (χ1v) is 4.85. The van der Waals surface area contributed by atoms with Gasteiger partial charge in [-0.3, -0.25) is 0 Å². The Balaban J connectivity index is 0.000000336. The zero-order valence-corrected chi connectivity index (χ0v) is 8.31. The van der Waals surface area contributed by atoms with E-state index < -0.39 is 0 Å². The van der Waals surface area contributed by atoms with Crippen LogP contribution in [0.3, 0.4) is 0 Å². The van der Waals surface area contributed by atoms with Crippen LogP contribution in [0.1, 0.15) is 26.7 Å². The fourth-order valence-electron chi connectivity index (χ4n) is 1.70. The van der Waals surface area contributed by atoms with Crippen molar-refractivity contribution < 1.29 is 4.48 Å². The van der Waals surface area contributed by atoms with E-state index in [0.717, 1.165) is 31.1 Å². The summed E-state index contributed by atoms with van der Waals surface area (Å²) in [6, 6.07) is 0. The van der Waals surface area contributed by atoms with E-state index in [0.29, 0.717) is 6.54 Å². The molecule has 1 spiro atoms. The van der Waals surface area contributed by atoms with Crippen molar-refractivity contribution in [2.24, 2.45) is 0 Å². The molecule has 0 unspecified atom stereocenters. The molecule has 0 N–H and O–H groups in total. The zero-order valence-electron chi connectivity index (χ0n) is 8.31. The Morgan fingerprint density at radius 3 is 2.17 bits per heavy atom. The van der Waals surface area contributed by atoms with E-state index in [2.05, 4.69) is 11.9 Å². The average Bonchev–Trinajstić information content (AvgIpc) is 2.83. The van der Waals surface area contributed by atoms with Crippen molar-refractivity contribution in [2.45, 2.75) is 32.2 Å². The van der Waals surface area contributed by atoms with Crippen LogP contribution in [0.4, 0.5) is 4.48 Å². The Kier molecular flexibility index (Phi) is 3.07. The minimum Gasteiger partial charge on any atom is -0.303 e. The highest BCUT2D eigenvalue weighted by molar-refractivity contribution is 5.05. The summed E-state index contributed by atoms with van der Waals surface area (Å²) in [5.41, 5.74) is -0.0486. The van der Waals surface area contributed by atoms with E-state index in [1.807, 2.05) is 13.8 Å². The maximum Gasteiger partial charge on any atom is 0.0640 e. The Bertz CT molecular complexity index is 145. The molecule has 12 heavy (non-hydrogen) atoms. The summed E-state index contributed by atoms with van der Waals surface area (Å²) in [6.45, 7) is 6.39. The van der Waals surface area contributed by atoms with Gasteiger partial charge in [0.25, 0.3) is 0 Å². The lowest BCUT2D eigenvalue weighted by atomic mass is 10.2. The molecule has 0 aromatic heterocycles. The summed E-state index contributed by atoms with van der Waals surface area (Å²) in [4.78, 5) is 2.21. The fourth-order valence-corrected chi connectivity index (χ4v) is 1.70. The van der Waals surface area contributed by atoms with Gasteiger partial charge in [0.2, 0.25) is 0 Å². The molecule has 2 fully saturated rings. The Morgan fingerprint density at radius 1 is 1.17 bits per heavy atom. The maximum atomic E-state index is 13.0. The molecule has 2 aliphatic rings. The molecule has 0 bridgehead atoms. The summed E-state index contributed by atoms with van der Waals surface area (Å²) in [5, 5.41) is 1.03. The number of likely N-dealkylation sites (N-methyl/N-ethyl adjacent to an activating group) is 1. The summed E-state index contributed by atoms with van der Waals surface area (Å²) < 4.78 is 13.0. The number of hydrogen-bond acceptors (Lipinski definition) is 2. The predicted molar refractivity (Wildman–Crippen MR) is 48.6 cm³/mol. The standard InChI is InChI=1S/C7H13FN2.C2H6/c1-9-4-5-10(8)7(6-9)2-3-7;1-2/h2-6H2,1H3;1-2H3.